The molecule has 0 radical (unpaired) electrons. The van der Waals surface area contributed by atoms with Crippen molar-refractivity contribution >= 4 is 11.6 Å². The highest BCUT2D eigenvalue weighted by molar-refractivity contribution is 6.37. The van der Waals surface area contributed by atoms with E-state index in [9.17, 15) is 9.59 Å². The van der Waals surface area contributed by atoms with E-state index in [1.54, 1.807) is 0 Å². The third kappa shape index (κ3) is 2.14. The number of hydrogen-bond acceptors (Lipinski definition) is 2. The molecule has 0 aromatic carbocycles. The van der Waals surface area contributed by atoms with Gasteiger partial charge in [0.2, 0.25) is 5.78 Å². The highest BCUT2D eigenvalue weighted by Gasteiger charge is 2.23. The maximum absolute atomic E-state index is 11.1. The third-order valence-corrected chi connectivity index (χ3v) is 2.32. The van der Waals surface area contributed by atoms with Gasteiger partial charge >= 0.3 is 0 Å². The summed E-state index contributed by atoms with van der Waals surface area (Å²) in [4.78, 5) is 21.8. The Morgan fingerprint density at radius 2 is 1.64 bits per heavy atom. The minimum atomic E-state index is -0.267. The lowest BCUT2D eigenvalue weighted by Gasteiger charge is -2.18. The van der Waals surface area contributed by atoms with E-state index >= 15 is 0 Å². The van der Waals surface area contributed by atoms with Crippen LogP contribution in [0.5, 0.6) is 0 Å². The highest BCUT2D eigenvalue weighted by atomic mass is 16.2. The Morgan fingerprint density at radius 1 is 1.09 bits per heavy atom. The molecule has 1 aliphatic rings. The predicted molar refractivity (Wildman–Crippen MR) is 42.3 cm³/mol. The molecule has 0 N–H and O–H groups in total. The van der Waals surface area contributed by atoms with Crippen molar-refractivity contribution in [3.8, 4) is 0 Å². The molecule has 0 heterocycles. The molecule has 0 atom stereocenters. The lowest BCUT2D eigenvalue weighted by molar-refractivity contribution is -0.138. The van der Waals surface area contributed by atoms with Gasteiger partial charge < -0.3 is 0 Å². The van der Waals surface area contributed by atoms with E-state index in [0.29, 0.717) is 0 Å². The van der Waals surface area contributed by atoms with Gasteiger partial charge in [0.15, 0.2) is 5.78 Å². The number of Topliss-reactive ketones (excluding diaryl/α,β-unsaturated/α-hetero) is 2. The Bertz CT molecular complexity index is 166. The second kappa shape index (κ2) is 3.65. The average molecular weight is 154 g/mol. The first kappa shape index (κ1) is 8.44. The van der Waals surface area contributed by atoms with Crippen LogP contribution < -0.4 is 0 Å². The van der Waals surface area contributed by atoms with E-state index < -0.39 is 0 Å². The largest absolute Gasteiger partial charge is 0.291 e. The molecule has 11 heavy (non-hydrogen) atoms. The van der Waals surface area contributed by atoms with Crippen molar-refractivity contribution in [3.63, 3.8) is 0 Å². The second-order valence-electron chi connectivity index (χ2n) is 3.26. The molecule has 1 saturated carbocycles. The molecule has 1 fully saturated rings. The first-order chi connectivity index (χ1) is 5.22. The van der Waals surface area contributed by atoms with Crippen LogP contribution in [0.4, 0.5) is 0 Å². The predicted octanol–water partition coefficient (Wildman–Crippen LogP) is 1.72. The van der Waals surface area contributed by atoms with Crippen LogP contribution in [0.15, 0.2) is 0 Å². The van der Waals surface area contributed by atoms with E-state index in [-0.39, 0.29) is 17.5 Å². The first-order valence-electron chi connectivity index (χ1n) is 4.26. The lowest BCUT2D eigenvalue weighted by Crippen LogP contribution is -2.23. The van der Waals surface area contributed by atoms with Gasteiger partial charge in [-0.1, -0.05) is 19.3 Å². The molecule has 0 aromatic rings. The van der Waals surface area contributed by atoms with Gasteiger partial charge in [-0.15, -0.1) is 0 Å². The maximum atomic E-state index is 11.1. The molecular formula is C9H14O2. The molecule has 2 nitrogen and oxygen atoms in total. The maximum Gasteiger partial charge on any atom is 0.201 e. The van der Waals surface area contributed by atoms with E-state index in [0.717, 1.165) is 25.7 Å². The van der Waals surface area contributed by atoms with Crippen LogP contribution in [-0.4, -0.2) is 11.6 Å². The van der Waals surface area contributed by atoms with Gasteiger partial charge in [0.05, 0.1) is 0 Å². The molecule has 0 aromatic heterocycles. The summed E-state index contributed by atoms with van der Waals surface area (Å²) in [6.45, 7) is 1.37. The summed E-state index contributed by atoms with van der Waals surface area (Å²) in [6.07, 6.45) is 5.31. The van der Waals surface area contributed by atoms with Crippen LogP contribution >= 0.6 is 0 Å². The molecule has 1 rings (SSSR count). The van der Waals surface area contributed by atoms with Crippen LogP contribution in [0.1, 0.15) is 39.0 Å². The Hall–Kier alpha value is -0.660. The molecular weight excluding hydrogens is 140 g/mol. The van der Waals surface area contributed by atoms with E-state index in [1.165, 1.54) is 13.3 Å². The fraction of sp³-hybridized carbons (Fsp3) is 0.778. The zero-order valence-corrected chi connectivity index (χ0v) is 6.93. The minimum absolute atomic E-state index is 0.0567. The zero-order valence-electron chi connectivity index (χ0n) is 6.93. The normalized spacial score (nSPS) is 19.7. The van der Waals surface area contributed by atoms with E-state index in [1.807, 2.05) is 0 Å². The van der Waals surface area contributed by atoms with Crippen molar-refractivity contribution in [1.29, 1.82) is 0 Å². The van der Waals surface area contributed by atoms with Crippen LogP contribution in [0, 0.1) is 5.92 Å². The average Bonchev–Trinajstić information content (AvgIpc) is 2.05. The molecule has 62 valence electrons. The zero-order chi connectivity index (χ0) is 8.27. The molecule has 0 saturated heterocycles. The molecule has 0 aliphatic heterocycles. The van der Waals surface area contributed by atoms with Crippen molar-refractivity contribution in [3.05, 3.63) is 0 Å². The third-order valence-electron chi connectivity index (χ3n) is 2.32. The number of carbonyl (C=O) groups is 2. The molecule has 1 aliphatic carbocycles. The van der Waals surface area contributed by atoms with Crippen molar-refractivity contribution in [2.75, 3.05) is 0 Å². The van der Waals surface area contributed by atoms with Crippen LogP contribution in [0.2, 0.25) is 0 Å². The molecule has 0 bridgehead atoms. The fourth-order valence-electron chi connectivity index (χ4n) is 1.65. The summed E-state index contributed by atoms with van der Waals surface area (Å²) in [7, 11) is 0. The Morgan fingerprint density at radius 3 is 2.09 bits per heavy atom. The summed E-state index contributed by atoms with van der Waals surface area (Å²) in [5.74, 6) is -0.358. The SMILES string of the molecule is CC(=O)C(=O)C1CCCCC1. The quantitative estimate of drug-likeness (QED) is 0.567. The van der Waals surface area contributed by atoms with Gasteiger partial charge in [-0.25, -0.2) is 0 Å². The fourth-order valence-corrected chi connectivity index (χ4v) is 1.65. The van der Waals surface area contributed by atoms with Crippen molar-refractivity contribution in [1.82, 2.24) is 0 Å². The highest BCUT2D eigenvalue weighted by Crippen LogP contribution is 2.24. The summed E-state index contributed by atoms with van der Waals surface area (Å²) in [5.41, 5.74) is 0. The van der Waals surface area contributed by atoms with Crippen LogP contribution in [0.25, 0.3) is 0 Å². The monoisotopic (exact) mass is 154 g/mol. The number of hydrogen-bond donors (Lipinski definition) is 0. The standard InChI is InChI=1S/C9H14O2/c1-7(10)9(11)8-5-3-2-4-6-8/h8H,2-6H2,1H3. The Labute approximate surface area is 67.0 Å². The van der Waals surface area contributed by atoms with Gasteiger partial charge in [-0.2, -0.15) is 0 Å². The minimum Gasteiger partial charge on any atom is -0.291 e. The molecule has 0 unspecified atom stereocenters. The lowest BCUT2D eigenvalue weighted by atomic mass is 9.85. The summed E-state index contributed by atoms with van der Waals surface area (Å²) in [6, 6.07) is 0. The van der Waals surface area contributed by atoms with E-state index in [4.69, 9.17) is 0 Å². The van der Waals surface area contributed by atoms with Gasteiger partial charge in [0.1, 0.15) is 0 Å². The van der Waals surface area contributed by atoms with E-state index in [2.05, 4.69) is 0 Å². The Kier molecular flexibility index (Phi) is 2.80. The topological polar surface area (TPSA) is 34.1 Å². The summed E-state index contributed by atoms with van der Waals surface area (Å²) in [5, 5.41) is 0. The van der Waals surface area contributed by atoms with Gasteiger partial charge in [0, 0.05) is 12.8 Å². The van der Waals surface area contributed by atoms with Crippen molar-refractivity contribution in [2.24, 2.45) is 5.92 Å². The first-order valence-corrected chi connectivity index (χ1v) is 4.26. The smallest absolute Gasteiger partial charge is 0.201 e. The summed E-state index contributed by atoms with van der Waals surface area (Å²) < 4.78 is 0. The Balaban J connectivity index is 2.45. The summed E-state index contributed by atoms with van der Waals surface area (Å²) >= 11 is 0. The van der Waals surface area contributed by atoms with Crippen LogP contribution in [-0.2, 0) is 9.59 Å². The van der Waals surface area contributed by atoms with Crippen LogP contribution in [0.3, 0.4) is 0 Å². The second-order valence-corrected chi connectivity index (χ2v) is 3.26. The molecule has 0 spiro atoms. The number of carbonyl (C=O) groups excluding carboxylic acids is 2. The van der Waals surface area contributed by atoms with Gasteiger partial charge in [-0.3, -0.25) is 9.59 Å². The van der Waals surface area contributed by atoms with Gasteiger partial charge in [0.25, 0.3) is 0 Å². The van der Waals surface area contributed by atoms with Crippen molar-refractivity contribution < 1.29 is 9.59 Å². The molecule has 0 amide bonds. The van der Waals surface area contributed by atoms with Crippen molar-refractivity contribution in [2.45, 2.75) is 39.0 Å². The number of ketones is 2. The molecule has 2 heteroatoms. The van der Waals surface area contributed by atoms with Gasteiger partial charge in [-0.05, 0) is 12.8 Å². The number of rotatable bonds is 2.